The predicted molar refractivity (Wildman–Crippen MR) is 190 cm³/mol. The smallest absolute Gasteiger partial charge is 0.367 e. The summed E-state index contributed by atoms with van der Waals surface area (Å²) in [6.07, 6.45) is -0.404. The molecule has 1 N–H and O–H groups in total. The van der Waals surface area contributed by atoms with Crippen molar-refractivity contribution < 1.29 is 55.8 Å². The Morgan fingerprint density at radius 2 is 1.57 bits per heavy atom. The van der Waals surface area contributed by atoms with E-state index in [1.54, 1.807) is 41.5 Å². The minimum Gasteiger partial charge on any atom is -0.438 e. The molecule has 13 nitrogen and oxygen atoms in total. The number of hydrogen-bond donors (Lipinski definition) is 1. The normalized spacial score (nSPS) is 16.5. The number of nitrogens with one attached hydrogen (secondary N) is 1. The van der Waals surface area contributed by atoms with E-state index in [0.29, 0.717) is 5.39 Å². The number of fused-ring (bicyclic) bond motifs is 1. The molecule has 4 rings (SSSR count). The number of nitrogens with zero attached hydrogens (tertiary/aromatic N) is 2. The van der Waals surface area contributed by atoms with Crippen LogP contribution in [0.3, 0.4) is 0 Å². The summed E-state index contributed by atoms with van der Waals surface area (Å²) < 4.78 is 66.1. The van der Waals surface area contributed by atoms with Gasteiger partial charge < -0.3 is 24.3 Å². The third-order valence-corrected chi connectivity index (χ3v) is 10.4. The molecule has 0 spiro atoms. The van der Waals surface area contributed by atoms with Crippen LogP contribution in [0.25, 0.3) is 10.9 Å². The van der Waals surface area contributed by atoms with Crippen molar-refractivity contribution in [3.63, 3.8) is 0 Å². The van der Waals surface area contributed by atoms with Crippen molar-refractivity contribution in [3.8, 4) is 0 Å². The average molecular weight is 782 g/mol. The molecule has 1 aromatic heterocycles. The van der Waals surface area contributed by atoms with Crippen molar-refractivity contribution in [1.29, 1.82) is 0 Å². The number of esters is 2. The molecule has 0 saturated carbocycles. The maximum absolute atomic E-state index is 14.7. The molecule has 3 aromatic rings. The molecule has 0 bridgehead atoms. The Balaban J connectivity index is 1.62. The lowest BCUT2D eigenvalue weighted by atomic mass is 9.98. The molecule has 2 heterocycles. The fourth-order valence-electron chi connectivity index (χ4n) is 5.31. The zero-order chi connectivity index (χ0) is 39.5. The molecule has 17 heteroatoms. The lowest BCUT2D eigenvalue weighted by Crippen LogP contribution is -2.46. The standard InChI is InChI=1S/C36H43ClF2N3O10P/c1-21(43)26-17-41(18-30(44)42-16-23(38)13-29(42)32(45)40-15-22-9-8-10-27(37)31(22)39)28-14-24(11-12-25(26)28)53(48,51-19-49-33(46)35(2,3)4)52-20-50-34(47)36(5,6)7/h8-12,14,17,23,29H,13,15-16,18-20H2,1-7H3,(H,40,45). The number of aromatic nitrogens is 1. The summed E-state index contributed by atoms with van der Waals surface area (Å²) >= 11 is 5.83. The van der Waals surface area contributed by atoms with Gasteiger partial charge in [-0.3, -0.25) is 37.6 Å². The van der Waals surface area contributed by atoms with Crippen LogP contribution in [0, 0.1) is 16.6 Å². The lowest BCUT2D eigenvalue weighted by molar-refractivity contribution is -0.161. The number of halogens is 3. The minimum absolute atomic E-state index is 0.0963. The fourth-order valence-corrected chi connectivity index (χ4v) is 6.80. The van der Waals surface area contributed by atoms with Crippen LogP contribution in [0.4, 0.5) is 8.78 Å². The Bertz CT molecular complexity index is 1920. The number of benzene rings is 2. The van der Waals surface area contributed by atoms with Crippen molar-refractivity contribution in [3.05, 3.63) is 64.6 Å². The summed E-state index contributed by atoms with van der Waals surface area (Å²) in [6.45, 7) is 8.31. The number of rotatable bonds is 13. The van der Waals surface area contributed by atoms with E-state index in [2.05, 4.69) is 5.32 Å². The number of amides is 2. The van der Waals surface area contributed by atoms with E-state index >= 15 is 0 Å². The van der Waals surface area contributed by atoms with Crippen LogP contribution in [-0.2, 0) is 55.4 Å². The molecule has 0 radical (unpaired) electrons. The second kappa shape index (κ2) is 16.5. The minimum atomic E-state index is -4.44. The molecule has 0 aliphatic carbocycles. The summed E-state index contributed by atoms with van der Waals surface area (Å²) in [6, 6.07) is 7.25. The largest absolute Gasteiger partial charge is 0.438 e. The van der Waals surface area contributed by atoms with Gasteiger partial charge in [0.05, 0.1) is 33.2 Å². The number of ketones is 1. The highest BCUT2D eigenvalue weighted by atomic mass is 35.5. The Labute approximate surface area is 310 Å². The molecular weight excluding hydrogens is 739 g/mol. The zero-order valence-electron chi connectivity index (χ0n) is 30.5. The van der Waals surface area contributed by atoms with E-state index in [-0.39, 0.29) is 52.3 Å². The molecule has 2 aromatic carbocycles. The summed E-state index contributed by atoms with van der Waals surface area (Å²) in [5.41, 5.74) is -1.28. The maximum Gasteiger partial charge on any atom is 0.367 e. The second-order valence-electron chi connectivity index (χ2n) is 14.6. The van der Waals surface area contributed by atoms with Crippen molar-refractivity contribution in [2.75, 3.05) is 20.1 Å². The number of carbonyl (C=O) groups is 5. The van der Waals surface area contributed by atoms with E-state index in [1.807, 2.05) is 0 Å². The molecule has 1 saturated heterocycles. The molecule has 1 aliphatic rings. The van der Waals surface area contributed by atoms with Crippen LogP contribution in [0.1, 0.15) is 70.8 Å². The van der Waals surface area contributed by atoms with Gasteiger partial charge >= 0.3 is 19.5 Å². The first kappa shape index (κ1) is 41.6. The third kappa shape index (κ3) is 10.1. The van der Waals surface area contributed by atoms with E-state index in [9.17, 15) is 37.3 Å². The second-order valence-corrected chi connectivity index (χ2v) is 17.0. The van der Waals surface area contributed by atoms with Gasteiger partial charge in [0.15, 0.2) is 5.78 Å². The summed E-state index contributed by atoms with van der Waals surface area (Å²) in [4.78, 5) is 65.3. The van der Waals surface area contributed by atoms with Crippen molar-refractivity contribution >= 4 is 64.9 Å². The number of Topliss-reactive ketones (excluding diaryl/α,β-unsaturated/α-hetero) is 1. The van der Waals surface area contributed by atoms with Crippen LogP contribution in [0.5, 0.6) is 0 Å². The molecule has 288 valence electrons. The summed E-state index contributed by atoms with van der Waals surface area (Å²) in [5.74, 6) is -3.75. The summed E-state index contributed by atoms with van der Waals surface area (Å²) in [5, 5.41) is 2.68. The van der Waals surface area contributed by atoms with Gasteiger partial charge in [-0.05, 0) is 66.7 Å². The monoisotopic (exact) mass is 781 g/mol. The van der Waals surface area contributed by atoms with E-state index < -0.39 is 80.3 Å². The summed E-state index contributed by atoms with van der Waals surface area (Å²) in [7, 11) is -4.44. The van der Waals surface area contributed by atoms with Gasteiger partial charge in [-0.1, -0.05) is 29.8 Å². The Morgan fingerprint density at radius 1 is 0.962 bits per heavy atom. The Hall–Kier alpha value is -4.17. The Morgan fingerprint density at radius 3 is 2.13 bits per heavy atom. The van der Waals surface area contributed by atoms with E-state index in [0.717, 1.165) is 4.90 Å². The van der Waals surface area contributed by atoms with Gasteiger partial charge in [-0.2, -0.15) is 0 Å². The van der Waals surface area contributed by atoms with Crippen LogP contribution in [0.2, 0.25) is 5.02 Å². The van der Waals surface area contributed by atoms with Gasteiger partial charge in [-0.15, -0.1) is 0 Å². The van der Waals surface area contributed by atoms with E-state index in [4.69, 9.17) is 30.1 Å². The molecule has 2 amide bonds. The average Bonchev–Trinajstić information content (AvgIpc) is 3.64. The van der Waals surface area contributed by atoms with E-state index in [1.165, 1.54) is 54.1 Å². The number of alkyl halides is 1. The van der Waals surface area contributed by atoms with Gasteiger partial charge in [-0.25, -0.2) is 8.78 Å². The first-order chi connectivity index (χ1) is 24.6. The number of carbonyl (C=O) groups excluding carboxylic acids is 5. The van der Waals surface area contributed by atoms with Crippen LogP contribution >= 0.6 is 19.2 Å². The highest BCUT2D eigenvalue weighted by Crippen LogP contribution is 2.48. The van der Waals surface area contributed by atoms with Gasteiger partial charge in [0.2, 0.25) is 25.4 Å². The van der Waals surface area contributed by atoms with Crippen molar-refractivity contribution in [1.82, 2.24) is 14.8 Å². The maximum atomic E-state index is 14.7. The SMILES string of the molecule is CC(=O)c1cn(CC(=O)N2CC(F)CC2C(=O)NCc2cccc(Cl)c2F)c2cc(P(=O)(OCOC(=O)C(C)(C)C)OCOC(=O)C(C)(C)C)ccc12. The topological polar surface area (TPSA) is 160 Å². The zero-order valence-corrected chi connectivity index (χ0v) is 32.1. The molecule has 2 unspecified atom stereocenters. The van der Waals surface area contributed by atoms with Crippen LogP contribution in [-0.4, -0.2) is 71.3 Å². The third-order valence-electron chi connectivity index (χ3n) is 8.27. The lowest BCUT2D eigenvalue weighted by Gasteiger charge is -2.24. The quantitative estimate of drug-likeness (QED) is 0.0967. The highest BCUT2D eigenvalue weighted by molar-refractivity contribution is 7.62. The molecule has 2 atom stereocenters. The number of ether oxygens (including phenoxy) is 2. The highest BCUT2D eigenvalue weighted by Gasteiger charge is 2.40. The molecule has 1 fully saturated rings. The molecular formula is C36H43ClF2N3O10P. The first-order valence-electron chi connectivity index (χ1n) is 16.6. The predicted octanol–water partition coefficient (Wildman–Crippen LogP) is 5.84. The molecule has 53 heavy (non-hydrogen) atoms. The van der Waals surface area contributed by atoms with Crippen LogP contribution < -0.4 is 10.6 Å². The fraction of sp³-hybridized carbons (Fsp3) is 0.472. The van der Waals surface area contributed by atoms with Crippen molar-refractivity contribution in [2.24, 2.45) is 10.8 Å². The van der Waals surface area contributed by atoms with Gasteiger partial charge in [0.1, 0.15) is 24.6 Å². The number of likely N-dealkylation sites (tertiary alicyclic amines) is 1. The first-order valence-corrected chi connectivity index (χ1v) is 18.6. The van der Waals surface area contributed by atoms with Crippen molar-refractivity contribution in [2.45, 2.75) is 80.2 Å². The molecule has 1 aliphatic heterocycles. The Kier molecular flexibility index (Phi) is 12.9. The van der Waals surface area contributed by atoms with Gasteiger partial charge in [0, 0.05) is 35.7 Å². The van der Waals surface area contributed by atoms with Gasteiger partial charge in [0.25, 0.3) is 0 Å². The number of hydrogen-bond acceptors (Lipinski definition) is 10. The van der Waals surface area contributed by atoms with Crippen LogP contribution in [0.15, 0.2) is 42.6 Å².